The van der Waals surface area contributed by atoms with Crippen molar-refractivity contribution in [1.29, 1.82) is 0 Å². The third-order valence-corrected chi connectivity index (χ3v) is 4.51. The van der Waals surface area contributed by atoms with Gasteiger partial charge in [-0.3, -0.25) is 4.90 Å². The zero-order valence-corrected chi connectivity index (χ0v) is 12.5. The maximum atomic E-state index is 5.83. The van der Waals surface area contributed by atoms with E-state index in [9.17, 15) is 0 Å². The van der Waals surface area contributed by atoms with Crippen LogP contribution in [0.5, 0.6) is 0 Å². The molecule has 1 aromatic heterocycles. The largest absolute Gasteiger partial charge is 0.355 e. The first-order chi connectivity index (χ1) is 9.72. The lowest BCUT2D eigenvalue weighted by Crippen LogP contribution is -2.35. The third-order valence-electron chi connectivity index (χ3n) is 4.51. The van der Waals surface area contributed by atoms with Crippen LogP contribution in [0.1, 0.15) is 31.7 Å². The van der Waals surface area contributed by atoms with Crippen LogP contribution in [0.3, 0.4) is 0 Å². The number of nitrogens with two attached hydrogens (primary N) is 1. The molecule has 0 amide bonds. The van der Waals surface area contributed by atoms with E-state index in [1.807, 2.05) is 13.1 Å². The standard InChI is InChI=1S/C16H26N4/c1-13(17)10-14-4-5-16(18-11-14)20-9-6-15(12-20)19-7-2-3-8-19/h4-5,11,13,15H,2-3,6-10,12,17H2,1H3. The number of hydrogen-bond acceptors (Lipinski definition) is 4. The van der Waals surface area contributed by atoms with E-state index in [1.54, 1.807) is 0 Å². The number of aromatic nitrogens is 1. The average molecular weight is 274 g/mol. The summed E-state index contributed by atoms with van der Waals surface area (Å²) in [5.41, 5.74) is 7.06. The van der Waals surface area contributed by atoms with E-state index in [0.717, 1.165) is 31.4 Å². The van der Waals surface area contributed by atoms with Gasteiger partial charge in [-0.2, -0.15) is 0 Å². The van der Waals surface area contributed by atoms with Gasteiger partial charge in [0.15, 0.2) is 0 Å². The molecule has 3 heterocycles. The Bertz CT molecular complexity index is 423. The van der Waals surface area contributed by atoms with Crippen molar-refractivity contribution in [3.05, 3.63) is 23.9 Å². The summed E-state index contributed by atoms with van der Waals surface area (Å²) in [5, 5.41) is 0. The SMILES string of the molecule is CC(N)Cc1ccc(N2CCC(N3CCCC3)C2)nc1. The first-order valence-electron chi connectivity index (χ1n) is 7.92. The molecule has 3 rings (SSSR count). The van der Waals surface area contributed by atoms with Gasteiger partial charge in [-0.15, -0.1) is 0 Å². The highest BCUT2D eigenvalue weighted by atomic mass is 15.3. The molecule has 2 saturated heterocycles. The summed E-state index contributed by atoms with van der Waals surface area (Å²) in [6.07, 6.45) is 6.93. The van der Waals surface area contributed by atoms with Crippen molar-refractivity contribution in [3.8, 4) is 0 Å². The summed E-state index contributed by atoms with van der Waals surface area (Å²) in [6.45, 7) is 6.90. The van der Waals surface area contributed by atoms with E-state index in [2.05, 4.69) is 26.9 Å². The third kappa shape index (κ3) is 3.13. The molecule has 0 aliphatic carbocycles. The Kier molecular flexibility index (Phi) is 4.22. The number of anilines is 1. The summed E-state index contributed by atoms with van der Waals surface area (Å²) in [7, 11) is 0. The molecule has 4 nitrogen and oxygen atoms in total. The molecule has 0 spiro atoms. The van der Waals surface area contributed by atoms with Crippen molar-refractivity contribution in [2.75, 3.05) is 31.1 Å². The van der Waals surface area contributed by atoms with E-state index in [1.165, 1.54) is 37.9 Å². The predicted molar refractivity (Wildman–Crippen MR) is 83.0 cm³/mol. The van der Waals surface area contributed by atoms with Crippen molar-refractivity contribution in [3.63, 3.8) is 0 Å². The number of nitrogens with zero attached hydrogens (tertiary/aromatic N) is 3. The molecule has 4 heteroatoms. The first kappa shape index (κ1) is 13.8. The monoisotopic (exact) mass is 274 g/mol. The molecule has 20 heavy (non-hydrogen) atoms. The molecule has 2 atom stereocenters. The lowest BCUT2D eigenvalue weighted by Gasteiger charge is -2.24. The van der Waals surface area contributed by atoms with Crippen LogP contribution in [-0.2, 0) is 6.42 Å². The summed E-state index contributed by atoms with van der Waals surface area (Å²) in [6, 6.07) is 5.27. The first-order valence-corrected chi connectivity index (χ1v) is 7.92. The number of rotatable bonds is 4. The van der Waals surface area contributed by atoms with Gasteiger partial charge in [0.2, 0.25) is 0 Å². The molecule has 1 aromatic rings. The quantitative estimate of drug-likeness (QED) is 0.907. The Morgan fingerprint density at radius 3 is 2.75 bits per heavy atom. The van der Waals surface area contributed by atoms with E-state index in [4.69, 9.17) is 5.73 Å². The van der Waals surface area contributed by atoms with Crippen LogP contribution in [0, 0.1) is 0 Å². The molecular weight excluding hydrogens is 248 g/mol. The van der Waals surface area contributed by atoms with Gasteiger partial charge in [0.25, 0.3) is 0 Å². The zero-order chi connectivity index (χ0) is 13.9. The molecular formula is C16H26N4. The minimum atomic E-state index is 0.203. The molecule has 0 radical (unpaired) electrons. The van der Waals surface area contributed by atoms with Crippen LogP contribution < -0.4 is 10.6 Å². The van der Waals surface area contributed by atoms with Crippen molar-refractivity contribution in [1.82, 2.24) is 9.88 Å². The van der Waals surface area contributed by atoms with E-state index >= 15 is 0 Å². The average Bonchev–Trinajstić information content (AvgIpc) is 3.10. The molecule has 110 valence electrons. The van der Waals surface area contributed by atoms with E-state index in [-0.39, 0.29) is 6.04 Å². The highest BCUT2D eigenvalue weighted by molar-refractivity contribution is 5.41. The normalized spacial score (nSPS) is 25.3. The van der Waals surface area contributed by atoms with E-state index in [0.29, 0.717) is 0 Å². The van der Waals surface area contributed by atoms with Crippen LogP contribution in [0.25, 0.3) is 0 Å². The van der Waals surface area contributed by atoms with Crippen LogP contribution in [0.4, 0.5) is 5.82 Å². The summed E-state index contributed by atoms with van der Waals surface area (Å²) >= 11 is 0. The smallest absolute Gasteiger partial charge is 0.128 e. The van der Waals surface area contributed by atoms with Crippen molar-refractivity contribution < 1.29 is 0 Å². The Hall–Kier alpha value is -1.13. The number of hydrogen-bond donors (Lipinski definition) is 1. The van der Waals surface area contributed by atoms with Crippen LogP contribution in [0.2, 0.25) is 0 Å². The van der Waals surface area contributed by atoms with Crippen molar-refractivity contribution >= 4 is 5.82 Å². The lowest BCUT2D eigenvalue weighted by atomic mass is 10.1. The maximum absolute atomic E-state index is 5.83. The highest BCUT2D eigenvalue weighted by Gasteiger charge is 2.29. The van der Waals surface area contributed by atoms with Gasteiger partial charge in [0, 0.05) is 31.4 Å². The molecule has 2 aliphatic rings. The Morgan fingerprint density at radius 1 is 1.30 bits per heavy atom. The molecule has 2 N–H and O–H groups in total. The second-order valence-electron chi connectivity index (χ2n) is 6.34. The Labute approximate surface area is 122 Å². The second kappa shape index (κ2) is 6.10. The molecule has 0 bridgehead atoms. The molecule has 0 saturated carbocycles. The molecule has 0 aromatic carbocycles. The van der Waals surface area contributed by atoms with Gasteiger partial charge in [0.1, 0.15) is 5.82 Å². The minimum absolute atomic E-state index is 0.203. The van der Waals surface area contributed by atoms with E-state index < -0.39 is 0 Å². The van der Waals surface area contributed by atoms with Crippen LogP contribution >= 0.6 is 0 Å². The van der Waals surface area contributed by atoms with Crippen molar-refractivity contribution in [2.24, 2.45) is 5.73 Å². The maximum Gasteiger partial charge on any atom is 0.128 e. The number of pyridine rings is 1. The molecule has 2 aliphatic heterocycles. The summed E-state index contributed by atoms with van der Waals surface area (Å²) < 4.78 is 0. The van der Waals surface area contributed by atoms with Gasteiger partial charge in [-0.25, -0.2) is 4.98 Å². The van der Waals surface area contributed by atoms with Gasteiger partial charge in [-0.1, -0.05) is 6.07 Å². The predicted octanol–water partition coefficient (Wildman–Crippen LogP) is 1.65. The lowest BCUT2D eigenvalue weighted by molar-refractivity contribution is 0.260. The topological polar surface area (TPSA) is 45.4 Å². The van der Waals surface area contributed by atoms with Gasteiger partial charge < -0.3 is 10.6 Å². The number of likely N-dealkylation sites (tertiary alicyclic amines) is 1. The highest BCUT2D eigenvalue weighted by Crippen LogP contribution is 2.24. The van der Waals surface area contributed by atoms with Gasteiger partial charge >= 0.3 is 0 Å². The Morgan fingerprint density at radius 2 is 2.10 bits per heavy atom. The minimum Gasteiger partial charge on any atom is -0.355 e. The van der Waals surface area contributed by atoms with Gasteiger partial charge in [-0.05, 0) is 57.3 Å². The fraction of sp³-hybridized carbons (Fsp3) is 0.688. The molecule has 2 unspecified atom stereocenters. The second-order valence-corrected chi connectivity index (χ2v) is 6.34. The Balaban J connectivity index is 1.59. The fourth-order valence-corrected chi connectivity index (χ4v) is 3.45. The summed E-state index contributed by atoms with van der Waals surface area (Å²) in [4.78, 5) is 9.71. The van der Waals surface area contributed by atoms with Crippen molar-refractivity contribution in [2.45, 2.75) is 44.7 Å². The summed E-state index contributed by atoms with van der Waals surface area (Å²) in [5.74, 6) is 1.13. The van der Waals surface area contributed by atoms with Gasteiger partial charge in [0.05, 0.1) is 0 Å². The fourth-order valence-electron chi connectivity index (χ4n) is 3.45. The van der Waals surface area contributed by atoms with Crippen LogP contribution in [-0.4, -0.2) is 48.1 Å². The zero-order valence-electron chi connectivity index (χ0n) is 12.5. The molecule has 2 fully saturated rings. The van der Waals surface area contributed by atoms with Crippen LogP contribution in [0.15, 0.2) is 18.3 Å².